The van der Waals surface area contributed by atoms with Crippen molar-refractivity contribution in [2.45, 2.75) is 31.3 Å². The van der Waals surface area contributed by atoms with Gasteiger partial charge in [0.15, 0.2) is 5.58 Å². The van der Waals surface area contributed by atoms with E-state index in [9.17, 15) is 17.6 Å². The van der Waals surface area contributed by atoms with Gasteiger partial charge in [0.1, 0.15) is 23.7 Å². The molecular weight excluding hydrogens is 430 g/mol. The molecule has 10 heteroatoms. The van der Waals surface area contributed by atoms with E-state index in [2.05, 4.69) is 15.2 Å². The Balaban J connectivity index is 1.55. The van der Waals surface area contributed by atoms with Crippen LogP contribution in [0, 0.1) is 5.82 Å². The van der Waals surface area contributed by atoms with Gasteiger partial charge >= 0.3 is 12.1 Å². The summed E-state index contributed by atoms with van der Waals surface area (Å²) in [5.41, 5.74) is 1.21. The molecule has 3 unspecified atom stereocenters. The lowest BCUT2D eigenvalue weighted by Gasteiger charge is -2.43. The van der Waals surface area contributed by atoms with Gasteiger partial charge in [-0.05, 0) is 25.1 Å². The molecule has 1 saturated heterocycles. The topological polar surface area (TPSA) is 59.8 Å². The van der Waals surface area contributed by atoms with E-state index in [1.54, 1.807) is 18.2 Å². The Labute approximate surface area is 181 Å². The molecule has 1 N–H and O–H groups in total. The van der Waals surface area contributed by atoms with Crippen LogP contribution >= 0.6 is 0 Å². The lowest BCUT2D eigenvalue weighted by atomic mass is 9.94. The third kappa shape index (κ3) is 3.88. The maximum Gasteiger partial charge on any atom is 0.468 e. The molecular formula is C22H21F4N3O3. The van der Waals surface area contributed by atoms with E-state index in [1.807, 2.05) is 6.92 Å². The van der Waals surface area contributed by atoms with E-state index in [4.69, 9.17) is 13.9 Å². The van der Waals surface area contributed by atoms with Crippen LogP contribution in [0.5, 0.6) is 5.75 Å². The van der Waals surface area contributed by atoms with E-state index in [-0.39, 0.29) is 29.3 Å². The number of hydrogen-bond acceptors (Lipinski definition) is 6. The van der Waals surface area contributed by atoms with Crippen LogP contribution < -0.4 is 10.1 Å². The predicted octanol–water partition coefficient (Wildman–Crippen LogP) is 4.62. The smallest absolute Gasteiger partial charge is 0.468 e. The van der Waals surface area contributed by atoms with Crippen LogP contribution in [-0.2, 0) is 10.9 Å². The highest BCUT2D eigenvalue weighted by atomic mass is 19.4. The fourth-order valence-corrected chi connectivity index (χ4v) is 4.36. The van der Waals surface area contributed by atoms with Crippen molar-refractivity contribution in [1.29, 1.82) is 0 Å². The monoisotopic (exact) mass is 451 g/mol. The second kappa shape index (κ2) is 7.93. The summed E-state index contributed by atoms with van der Waals surface area (Å²) in [7, 11) is 0. The number of morpholine rings is 1. The van der Waals surface area contributed by atoms with Crippen molar-refractivity contribution in [2.24, 2.45) is 0 Å². The Morgan fingerprint density at radius 1 is 1.19 bits per heavy atom. The Kier molecular flexibility index (Phi) is 5.21. The molecule has 0 spiro atoms. The van der Waals surface area contributed by atoms with Gasteiger partial charge in [-0.2, -0.15) is 13.2 Å². The molecule has 6 nitrogen and oxygen atoms in total. The number of ether oxygens (including phenoxy) is 2. The number of alkyl halides is 3. The summed E-state index contributed by atoms with van der Waals surface area (Å²) in [4.78, 5) is 5.80. The molecule has 5 rings (SSSR count). The van der Waals surface area contributed by atoms with Crippen LogP contribution in [0.2, 0.25) is 0 Å². The van der Waals surface area contributed by atoms with E-state index in [0.717, 1.165) is 0 Å². The minimum absolute atomic E-state index is 0.0177. The van der Waals surface area contributed by atoms with Gasteiger partial charge < -0.3 is 19.2 Å². The first-order valence-electron chi connectivity index (χ1n) is 10.3. The van der Waals surface area contributed by atoms with Gasteiger partial charge in [-0.15, -0.1) is 0 Å². The highest BCUT2D eigenvalue weighted by Crippen LogP contribution is 2.40. The number of nitrogens with one attached hydrogen (secondary N) is 1. The highest BCUT2D eigenvalue weighted by Gasteiger charge is 2.39. The van der Waals surface area contributed by atoms with Crippen LogP contribution in [0.4, 0.5) is 23.2 Å². The quantitative estimate of drug-likeness (QED) is 0.587. The van der Waals surface area contributed by atoms with Crippen molar-refractivity contribution >= 4 is 16.8 Å². The summed E-state index contributed by atoms with van der Waals surface area (Å²) >= 11 is 0. The van der Waals surface area contributed by atoms with Crippen molar-refractivity contribution in [1.82, 2.24) is 9.88 Å². The summed E-state index contributed by atoms with van der Waals surface area (Å²) in [6, 6.07) is 8.49. The largest absolute Gasteiger partial charge is 0.491 e. The van der Waals surface area contributed by atoms with Crippen molar-refractivity contribution in [3.05, 3.63) is 53.7 Å². The summed E-state index contributed by atoms with van der Waals surface area (Å²) in [6.45, 7) is 4.19. The van der Waals surface area contributed by atoms with Crippen LogP contribution in [0.1, 0.15) is 24.4 Å². The van der Waals surface area contributed by atoms with Crippen LogP contribution in [0.25, 0.3) is 11.1 Å². The highest BCUT2D eigenvalue weighted by molar-refractivity contribution is 5.86. The Morgan fingerprint density at radius 2 is 2.03 bits per heavy atom. The number of hydrogen-bond donors (Lipinski definition) is 1. The molecule has 1 aromatic heterocycles. The average Bonchev–Trinajstić information content (AvgIpc) is 3.20. The fourth-order valence-electron chi connectivity index (χ4n) is 4.36. The molecule has 0 radical (unpaired) electrons. The van der Waals surface area contributed by atoms with Crippen molar-refractivity contribution < 1.29 is 31.5 Å². The summed E-state index contributed by atoms with van der Waals surface area (Å²) in [6.07, 6.45) is -4.66. The normalized spacial score (nSPS) is 24.2. The molecule has 0 saturated carbocycles. The number of anilines is 1. The first-order valence-corrected chi connectivity index (χ1v) is 10.3. The number of nitrogens with zero attached hydrogens (tertiary/aromatic N) is 2. The van der Waals surface area contributed by atoms with E-state index >= 15 is 0 Å². The number of rotatable bonds is 3. The molecule has 32 heavy (non-hydrogen) atoms. The van der Waals surface area contributed by atoms with Gasteiger partial charge in [0.05, 0.1) is 30.5 Å². The molecule has 2 aromatic carbocycles. The van der Waals surface area contributed by atoms with Gasteiger partial charge in [0.2, 0.25) is 0 Å². The maximum absolute atomic E-state index is 13.8. The fraction of sp³-hybridized carbons (Fsp3) is 0.409. The first-order chi connectivity index (χ1) is 15.3. The molecule has 2 aliphatic heterocycles. The van der Waals surface area contributed by atoms with Gasteiger partial charge in [-0.25, -0.2) is 9.37 Å². The predicted molar refractivity (Wildman–Crippen MR) is 108 cm³/mol. The molecule has 0 bridgehead atoms. The Morgan fingerprint density at radius 3 is 2.81 bits per heavy atom. The second-order valence-electron chi connectivity index (χ2n) is 8.03. The molecule has 2 aliphatic rings. The Bertz CT molecular complexity index is 1130. The molecule has 0 aliphatic carbocycles. The number of halogens is 4. The Hall–Kier alpha value is -2.85. The third-order valence-electron chi connectivity index (χ3n) is 5.82. The third-order valence-corrected chi connectivity index (χ3v) is 5.82. The number of fused-ring (bicyclic) bond motifs is 2. The number of para-hydroxylation sites is 1. The zero-order chi connectivity index (χ0) is 22.5. The maximum atomic E-state index is 13.8. The average molecular weight is 451 g/mol. The minimum atomic E-state index is -4.69. The molecule has 170 valence electrons. The number of benzene rings is 2. The lowest BCUT2D eigenvalue weighted by molar-refractivity contribution is -0.156. The summed E-state index contributed by atoms with van der Waals surface area (Å²) < 4.78 is 69.9. The van der Waals surface area contributed by atoms with E-state index < -0.39 is 17.9 Å². The standard InChI is InChI=1S/C22H21F4N3O3/c1-12-10-29(7-8-30-12)17-11-31-18-9-13(23)5-6-14(18)19(17)27-15-3-2-4-16-20(15)32-21(28-16)22(24,25)26/h2-6,9,12,17,19,27H,7-8,10-11H2,1H3. The van der Waals surface area contributed by atoms with E-state index in [0.29, 0.717) is 43.3 Å². The summed E-state index contributed by atoms with van der Waals surface area (Å²) in [5, 5.41) is 3.34. The molecule has 1 fully saturated rings. The zero-order valence-electron chi connectivity index (χ0n) is 17.2. The first kappa shape index (κ1) is 21.0. The van der Waals surface area contributed by atoms with Crippen molar-refractivity contribution in [2.75, 3.05) is 31.6 Å². The molecule has 3 atom stereocenters. The van der Waals surface area contributed by atoms with Gasteiger partial charge in [0, 0.05) is 24.7 Å². The van der Waals surface area contributed by atoms with Gasteiger partial charge in [-0.3, -0.25) is 4.90 Å². The van der Waals surface area contributed by atoms with E-state index in [1.165, 1.54) is 18.2 Å². The molecule has 3 aromatic rings. The van der Waals surface area contributed by atoms with Crippen molar-refractivity contribution in [3.8, 4) is 5.75 Å². The SMILES string of the molecule is CC1CN(C2COc3cc(F)ccc3C2Nc2cccc3nc(C(F)(F)F)oc23)CCO1. The number of aromatic nitrogens is 1. The second-order valence-corrected chi connectivity index (χ2v) is 8.03. The molecule has 0 amide bonds. The zero-order valence-corrected chi connectivity index (χ0v) is 17.2. The molecule has 3 heterocycles. The lowest BCUT2D eigenvalue weighted by Crippen LogP contribution is -2.54. The number of oxazole rings is 1. The van der Waals surface area contributed by atoms with Gasteiger partial charge in [-0.1, -0.05) is 12.1 Å². The van der Waals surface area contributed by atoms with Crippen LogP contribution in [0.15, 0.2) is 40.8 Å². The minimum Gasteiger partial charge on any atom is -0.491 e. The summed E-state index contributed by atoms with van der Waals surface area (Å²) in [5.74, 6) is -1.32. The van der Waals surface area contributed by atoms with Crippen LogP contribution in [-0.4, -0.2) is 48.3 Å². The van der Waals surface area contributed by atoms with Crippen molar-refractivity contribution in [3.63, 3.8) is 0 Å². The van der Waals surface area contributed by atoms with Crippen LogP contribution in [0.3, 0.4) is 0 Å². The van der Waals surface area contributed by atoms with Gasteiger partial charge in [0.25, 0.3) is 0 Å².